The van der Waals surface area contributed by atoms with Gasteiger partial charge in [0, 0.05) is 24.1 Å². The molecule has 0 saturated carbocycles. The van der Waals surface area contributed by atoms with Crippen molar-refractivity contribution in [1.29, 1.82) is 0 Å². The van der Waals surface area contributed by atoms with Crippen molar-refractivity contribution >= 4 is 33.1 Å². The van der Waals surface area contributed by atoms with Crippen LogP contribution < -0.4 is 15.1 Å². The zero-order chi connectivity index (χ0) is 19.3. The average Bonchev–Trinajstić information content (AvgIpc) is 3.32. The van der Waals surface area contributed by atoms with Gasteiger partial charge in [-0.2, -0.15) is 0 Å². The van der Waals surface area contributed by atoms with Crippen LogP contribution in [-0.4, -0.2) is 37.6 Å². The summed E-state index contributed by atoms with van der Waals surface area (Å²) in [7, 11) is 2.04. The summed E-state index contributed by atoms with van der Waals surface area (Å²) in [5.74, 6) is 0.0385. The lowest BCUT2D eigenvalue weighted by molar-refractivity contribution is -0.901. The van der Waals surface area contributed by atoms with Crippen molar-refractivity contribution in [3.8, 4) is 0 Å². The second-order valence-electron chi connectivity index (χ2n) is 7.76. The zero-order valence-electron chi connectivity index (χ0n) is 16.3. The van der Waals surface area contributed by atoms with E-state index in [0.29, 0.717) is 6.54 Å². The fourth-order valence-electron chi connectivity index (χ4n) is 3.84. The number of rotatable bonds is 7. The third-order valence-electron chi connectivity index (χ3n) is 5.26. The number of likely N-dealkylation sites (tertiary alicyclic amines) is 1. The number of thiazole rings is 1. The van der Waals surface area contributed by atoms with Crippen LogP contribution in [0.4, 0.5) is 5.69 Å². The Labute approximate surface area is 170 Å². The van der Waals surface area contributed by atoms with Gasteiger partial charge in [-0.25, -0.2) is 4.98 Å². The molecule has 1 unspecified atom stereocenters. The van der Waals surface area contributed by atoms with Gasteiger partial charge in [0.1, 0.15) is 18.1 Å². The molecule has 0 bridgehead atoms. The van der Waals surface area contributed by atoms with Crippen LogP contribution >= 0.6 is 11.3 Å². The van der Waals surface area contributed by atoms with Gasteiger partial charge in [-0.05, 0) is 24.3 Å². The standard InChI is InChI=1S/C22H26N4OS/c1-25(16-22-24-19-6-2-3-7-20(19)28-22)15-21(27)23-18-10-8-17(9-11-18)14-26-12-4-5-13-26/h2-3,6-11H,4-5,12-16H2,1H3,(H,23,27)/p+2. The van der Waals surface area contributed by atoms with Crippen molar-refractivity contribution in [3.63, 3.8) is 0 Å². The van der Waals surface area contributed by atoms with Gasteiger partial charge in [0.25, 0.3) is 5.91 Å². The van der Waals surface area contributed by atoms with Crippen LogP contribution in [0.2, 0.25) is 0 Å². The number of anilines is 1. The van der Waals surface area contributed by atoms with Crippen molar-refractivity contribution in [1.82, 2.24) is 4.98 Å². The third-order valence-corrected chi connectivity index (χ3v) is 6.29. The summed E-state index contributed by atoms with van der Waals surface area (Å²) in [5.41, 5.74) is 3.25. The highest BCUT2D eigenvalue weighted by molar-refractivity contribution is 7.18. The van der Waals surface area contributed by atoms with Gasteiger partial charge in [0.05, 0.1) is 30.4 Å². The molecule has 146 valence electrons. The first kappa shape index (κ1) is 19.1. The number of likely N-dealkylation sites (N-methyl/N-ethyl adjacent to an activating group) is 1. The largest absolute Gasteiger partial charge is 0.331 e. The summed E-state index contributed by atoms with van der Waals surface area (Å²) in [4.78, 5) is 19.8. The molecule has 0 spiro atoms. The molecule has 1 aliphatic rings. The SMILES string of the molecule is C[NH+](CC(=O)Nc1ccc(C[NH+]2CCCC2)cc1)Cc1nc2ccccc2s1. The molecule has 28 heavy (non-hydrogen) atoms. The van der Waals surface area contributed by atoms with Gasteiger partial charge in [-0.1, -0.05) is 24.3 Å². The van der Waals surface area contributed by atoms with Crippen molar-refractivity contribution in [2.45, 2.75) is 25.9 Å². The van der Waals surface area contributed by atoms with E-state index in [2.05, 4.69) is 28.5 Å². The molecule has 1 aliphatic heterocycles. The number of benzene rings is 2. The predicted octanol–water partition coefficient (Wildman–Crippen LogP) is 1.13. The zero-order valence-corrected chi connectivity index (χ0v) is 17.1. The number of hydrogen-bond donors (Lipinski definition) is 3. The maximum atomic E-state index is 12.4. The van der Waals surface area contributed by atoms with E-state index in [4.69, 9.17) is 0 Å². The number of carbonyl (C=O) groups excluding carboxylic acids is 1. The van der Waals surface area contributed by atoms with E-state index >= 15 is 0 Å². The lowest BCUT2D eigenvalue weighted by atomic mass is 10.2. The highest BCUT2D eigenvalue weighted by Crippen LogP contribution is 2.20. The number of nitrogens with one attached hydrogen (secondary N) is 3. The molecule has 2 aromatic carbocycles. The highest BCUT2D eigenvalue weighted by atomic mass is 32.1. The second-order valence-corrected chi connectivity index (χ2v) is 8.88. The molecule has 5 nitrogen and oxygen atoms in total. The molecule has 1 saturated heterocycles. The van der Waals surface area contributed by atoms with E-state index in [1.807, 2.05) is 37.4 Å². The van der Waals surface area contributed by atoms with E-state index in [1.54, 1.807) is 16.2 Å². The summed E-state index contributed by atoms with van der Waals surface area (Å²) >= 11 is 1.71. The normalized spacial score (nSPS) is 15.8. The topological polar surface area (TPSA) is 50.9 Å². The molecule has 2 heterocycles. The molecule has 1 aromatic heterocycles. The summed E-state index contributed by atoms with van der Waals surface area (Å²) in [6.07, 6.45) is 2.69. The van der Waals surface area contributed by atoms with Gasteiger partial charge in [0.15, 0.2) is 6.54 Å². The van der Waals surface area contributed by atoms with Gasteiger partial charge in [-0.15, -0.1) is 11.3 Å². The van der Waals surface area contributed by atoms with Gasteiger partial charge >= 0.3 is 0 Å². The molecule has 0 radical (unpaired) electrons. The summed E-state index contributed by atoms with van der Waals surface area (Å²) in [6.45, 7) is 4.83. The Morgan fingerprint density at radius 3 is 2.64 bits per heavy atom. The van der Waals surface area contributed by atoms with Crippen LogP contribution in [0.25, 0.3) is 10.2 Å². The van der Waals surface area contributed by atoms with Crippen molar-refractivity contribution in [2.24, 2.45) is 0 Å². The smallest absolute Gasteiger partial charge is 0.279 e. The van der Waals surface area contributed by atoms with Crippen LogP contribution in [0.1, 0.15) is 23.4 Å². The third kappa shape index (κ3) is 4.95. The van der Waals surface area contributed by atoms with E-state index in [-0.39, 0.29) is 5.91 Å². The Kier molecular flexibility index (Phi) is 6.00. The molecule has 3 aromatic rings. The Bertz CT molecular complexity index is 898. The van der Waals surface area contributed by atoms with E-state index < -0.39 is 0 Å². The fourth-order valence-corrected chi connectivity index (χ4v) is 4.92. The van der Waals surface area contributed by atoms with Gasteiger partial charge in [-0.3, -0.25) is 4.79 Å². The number of fused-ring (bicyclic) bond motifs is 1. The number of carbonyl (C=O) groups is 1. The Hall–Kier alpha value is -2.28. The van der Waals surface area contributed by atoms with Crippen LogP contribution in [0, 0.1) is 0 Å². The lowest BCUT2D eigenvalue weighted by Crippen LogP contribution is -3.08. The molecule has 1 atom stereocenters. The number of quaternary nitrogens is 2. The molecule has 1 amide bonds. The monoisotopic (exact) mass is 396 g/mol. The Morgan fingerprint density at radius 1 is 1.14 bits per heavy atom. The fraction of sp³-hybridized carbons (Fsp3) is 0.364. The van der Waals surface area contributed by atoms with Crippen LogP contribution in [0.15, 0.2) is 48.5 Å². The first-order chi connectivity index (χ1) is 13.7. The summed E-state index contributed by atoms with van der Waals surface area (Å²) in [6, 6.07) is 16.5. The Morgan fingerprint density at radius 2 is 1.89 bits per heavy atom. The maximum absolute atomic E-state index is 12.4. The number of para-hydroxylation sites is 1. The molecule has 4 rings (SSSR count). The van der Waals surface area contributed by atoms with Gasteiger partial charge < -0.3 is 15.1 Å². The molecule has 6 heteroatoms. The number of nitrogens with zero attached hydrogens (tertiary/aromatic N) is 1. The number of amides is 1. The van der Waals surface area contributed by atoms with E-state index in [9.17, 15) is 4.79 Å². The maximum Gasteiger partial charge on any atom is 0.279 e. The van der Waals surface area contributed by atoms with E-state index in [1.165, 1.54) is 36.2 Å². The minimum atomic E-state index is 0.0385. The van der Waals surface area contributed by atoms with E-state index in [0.717, 1.165) is 34.2 Å². The first-order valence-electron chi connectivity index (χ1n) is 10.0. The van der Waals surface area contributed by atoms with Crippen LogP contribution in [0.5, 0.6) is 0 Å². The van der Waals surface area contributed by atoms with Crippen LogP contribution in [-0.2, 0) is 17.9 Å². The molecule has 3 N–H and O–H groups in total. The van der Waals surface area contributed by atoms with Gasteiger partial charge in [0.2, 0.25) is 0 Å². The van der Waals surface area contributed by atoms with Crippen molar-refractivity contribution in [3.05, 3.63) is 59.1 Å². The number of hydrogen-bond acceptors (Lipinski definition) is 3. The van der Waals surface area contributed by atoms with Crippen molar-refractivity contribution in [2.75, 3.05) is 32.0 Å². The predicted molar refractivity (Wildman–Crippen MR) is 114 cm³/mol. The summed E-state index contributed by atoms with van der Waals surface area (Å²) in [5, 5.41) is 4.09. The Balaban J connectivity index is 1.27. The molecular weight excluding hydrogens is 368 g/mol. The highest BCUT2D eigenvalue weighted by Gasteiger charge is 2.16. The molecular formula is C22H28N4OS+2. The lowest BCUT2D eigenvalue weighted by Gasteiger charge is -2.14. The van der Waals surface area contributed by atoms with Crippen LogP contribution in [0.3, 0.4) is 0 Å². The minimum Gasteiger partial charge on any atom is -0.331 e. The summed E-state index contributed by atoms with van der Waals surface area (Å²) < 4.78 is 1.20. The molecule has 0 aliphatic carbocycles. The second kappa shape index (κ2) is 8.82. The quantitative estimate of drug-likeness (QED) is 0.561. The number of aromatic nitrogens is 1. The average molecular weight is 397 g/mol. The molecule has 1 fully saturated rings. The van der Waals surface area contributed by atoms with Crippen molar-refractivity contribution < 1.29 is 14.6 Å². The first-order valence-corrected chi connectivity index (χ1v) is 10.9. The minimum absolute atomic E-state index is 0.0385.